The first-order valence-electron chi connectivity index (χ1n) is 5.73. The summed E-state index contributed by atoms with van der Waals surface area (Å²) in [4.78, 5) is 22.0. The number of hydrogen-bond donors (Lipinski definition) is 3. The van der Waals surface area contributed by atoms with Crippen molar-refractivity contribution in [1.82, 2.24) is 0 Å². The summed E-state index contributed by atoms with van der Waals surface area (Å²) < 4.78 is 0. The number of anilines is 3. The molecule has 0 aliphatic rings. The Morgan fingerprint density at radius 1 is 1.05 bits per heavy atom. The van der Waals surface area contributed by atoms with Crippen LogP contribution in [-0.2, 0) is 0 Å². The van der Waals surface area contributed by atoms with Gasteiger partial charge in [-0.2, -0.15) is 0 Å². The van der Waals surface area contributed by atoms with Crippen molar-refractivity contribution in [3.05, 3.63) is 58.6 Å². The van der Waals surface area contributed by atoms with Crippen LogP contribution in [0, 0.1) is 10.1 Å². The third-order valence-electron chi connectivity index (χ3n) is 2.52. The highest BCUT2D eigenvalue weighted by atomic mass is 16.6. The fraction of sp³-hybridized carbons (Fsp3) is 0. The van der Waals surface area contributed by atoms with Crippen LogP contribution in [0.3, 0.4) is 0 Å². The van der Waals surface area contributed by atoms with Crippen LogP contribution in [0.4, 0.5) is 27.5 Å². The lowest BCUT2D eigenvalue weighted by molar-refractivity contribution is -0.383. The third kappa shape index (κ3) is 3.22. The van der Waals surface area contributed by atoms with Gasteiger partial charge in [0, 0.05) is 17.4 Å². The van der Waals surface area contributed by atoms with E-state index in [9.17, 15) is 14.9 Å². The normalized spacial score (nSPS) is 9.80. The predicted octanol–water partition coefficient (Wildman–Crippen LogP) is 2.82. The van der Waals surface area contributed by atoms with Gasteiger partial charge < -0.3 is 16.4 Å². The lowest BCUT2D eigenvalue weighted by Crippen LogP contribution is -2.20. The van der Waals surface area contributed by atoms with E-state index in [4.69, 9.17) is 5.73 Å². The zero-order chi connectivity index (χ0) is 14.5. The van der Waals surface area contributed by atoms with E-state index >= 15 is 0 Å². The summed E-state index contributed by atoms with van der Waals surface area (Å²) in [6.45, 7) is 0. The molecular weight excluding hydrogens is 260 g/mol. The molecule has 7 nitrogen and oxygen atoms in total. The van der Waals surface area contributed by atoms with E-state index in [-0.39, 0.29) is 11.4 Å². The van der Waals surface area contributed by atoms with Gasteiger partial charge in [-0.3, -0.25) is 10.1 Å². The van der Waals surface area contributed by atoms with Crippen molar-refractivity contribution >= 4 is 28.8 Å². The molecule has 0 aromatic heterocycles. The van der Waals surface area contributed by atoms with Crippen LogP contribution >= 0.6 is 0 Å². The van der Waals surface area contributed by atoms with Gasteiger partial charge in [0.25, 0.3) is 5.69 Å². The summed E-state index contributed by atoms with van der Waals surface area (Å²) in [6, 6.07) is 11.9. The van der Waals surface area contributed by atoms with Crippen molar-refractivity contribution in [2.75, 3.05) is 16.4 Å². The molecule has 0 saturated carbocycles. The highest BCUT2D eigenvalue weighted by Gasteiger charge is 2.14. The summed E-state index contributed by atoms with van der Waals surface area (Å²) in [6.07, 6.45) is 0. The Labute approximate surface area is 114 Å². The van der Waals surface area contributed by atoms with Gasteiger partial charge in [0.1, 0.15) is 5.69 Å². The number of nitro groups is 1. The molecule has 102 valence electrons. The number of carbonyl (C=O) groups is 1. The SMILES string of the molecule is Nc1ccc(NC(=O)Nc2ccccc2[N+](=O)[O-])cc1. The van der Waals surface area contributed by atoms with Gasteiger partial charge in [0.2, 0.25) is 0 Å². The zero-order valence-electron chi connectivity index (χ0n) is 10.4. The van der Waals surface area contributed by atoms with Crippen LogP contribution in [0.2, 0.25) is 0 Å². The first-order valence-corrected chi connectivity index (χ1v) is 5.73. The fourth-order valence-corrected chi connectivity index (χ4v) is 1.59. The Morgan fingerprint density at radius 3 is 2.35 bits per heavy atom. The molecule has 7 heteroatoms. The first-order chi connectivity index (χ1) is 9.56. The summed E-state index contributed by atoms with van der Waals surface area (Å²) in [7, 11) is 0. The zero-order valence-corrected chi connectivity index (χ0v) is 10.4. The quantitative estimate of drug-likeness (QED) is 0.453. The Balaban J connectivity index is 2.08. The second-order valence-corrected chi connectivity index (χ2v) is 3.98. The predicted molar refractivity (Wildman–Crippen MR) is 76.6 cm³/mol. The van der Waals surface area contributed by atoms with E-state index < -0.39 is 11.0 Å². The van der Waals surface area contributed by atoms with Crippen LogP contribution in [0.5, 0.6) is 0 Å². The number of nitro benzene ring substituents is 1. The van der Waals surface area contributed by atoms with Crippen LogP contribution in [0.25, 0.3) is 0 Å². The minimum Gasteiger partial charge on any atom is -0.399 e. The average Bonchev–Trinajstić information content (AvgIpc) is 2.41. The molecule has 0 aliphatic carbocycles. The molecule has 0 spiro atoms. The van der Waals surface area contributed by atoms with E-state index in [1.165, 1.54) is 18.2 Å². The summed E-state index contributed by atoms with van der Waals surface area (Å²) >= 11 is 0. The molecule has 4 N–H and O–H groups in total. The maximum atomic E-state index is 11.8. The molecule has 0 atom stereocenters. The molecule has 2 rings (SSSR count). The molecule has 2 aromatic carbocycles. The van der Waals surface area contributed by atoms with Crippen molar-refractivity contribution in [3.8, 4) is 0 Å². The highest BCUT2D eigenvalue weighted by Crippen LogP contribution is 2.23. The Bertz CT molecular complexity index is 640. The number of hydrogen-bond acceptors (Lipinski definition) is 4. The fourth-order valence-electron chi connectivity index (χ4n) is 1.59. The molecule has 2 amide bonds. The minimum atomic E-state index is -0.566. The van der Waals surface area contributed by atoms with Crippen molar-refractivity contribution in [1.29, 1.82) is 0 Å². The summed E-state index contributed by atoms with van der Waals surface area (Å²) in [5.41, 5.74) is 6.61. The molecule has 0 saturated heterocycles. The number of benzene rings is 2. The third-order valence-corrected chi connectivity index (χ3v) is 2.52. The lowest BCUT2D eigenvalue weighted by Gasteiger charge is -2.08. The van der Waals surface area contributed by atoms with Crippen LogP contribution in [-0.4, -0.2) is 11.0 Å². The molecule has 0 bridgehead atoms. The Hall–Kier alpha value is -3.09. The number of carbonyl (C=O) groups excluding carboxylic acids is 1. The Morgan fingerprint density at radius 2 is 1.70 bits per heavy atom. The van der Waals surface area contributed by atoms with Crippen LogP contribution < -0.4 is 16.4 Å². The molecule has 2 aromatic rings. The molecule has 0 radical (unpaired) electrons. The van der Waals surface area contributed by atoms with Crippen molar-refractivity contribution in [2.24, 2.45) is 0 Å². The average molecular weight is 272 g/mol. The number of rotatable bonds is 3. The number of nitrogen functional groups attached to an aromatic ring is 1. The Kier molecular flexibility index (Phi) is 3.80. The molecular formula is C13H12N4O3. The lowest BCUT2D eigenvalue weighted by atomic mass is 10.2. The van der Waals surface area contributed by atoms with Crippen molar-refractivity contribution in [2.45, 2.75) is 0 Å². The van der Waals surface area contributed by atoms with E-state index in [1.807, 2.05) is 0 Å². The van der Waals surface area contributed by atoms with Crippen LogP contribution in [0.1, 0.15) is 0 Å². The summed E-state index contributed by atoms with van der Waals surface area (Å²) in [5, 5.41) is 15.8. The van der Waals surface area contributed by atoms with Crippen molar-refractivity contribution in [3.63, 3.8) is 0 Å². The number of nitrogens with one attached hydrogen (secondary N) is 2. The van der Waals surface area contributed by atoms with Gasteiger partial charge >= 0.3 is 6.03 Å². The van der Waals surface area contributed by atoms with Gasteiger partial charge in [-0.05, 0) is 30.3 Å². The first kappa shape index (κ1) is 13.3. The second-order valence-electron chi connectivity index (χ2n) is 3.98. The minimum absolute atomic E-state index is 0.130. The van der Waals surface area contributed by atoms with E-state index in [0.29, 0.717) is 11.4 Å². The number of nitrogens with zero attached hydrogens (tertiary/aromatic N) is 1. The number of nitrogens with two attached hydrogens (primary N) is 1. The topological polar surface area (TPSA) is 110 Å². The summed E-state index contributed by atoms with van der Waals surface area (Å²) in [5.74, 6) is 0. The van der Waals surface area contributed by atoms with Gasteiger partial charge in [-0.15, -0.1) is 0 Å². The highest BCUT2D eigenvalue weighted by molar-refractivity contribution is 6.01. The largest absolute Gasteiger partial charge is 0.399 e. The smallest absolute Gasteiger partial charge is 0.323 e. The number of urea groups is 1. The molecule has 0 unspecified atom stereocenters. The van der Waals surface area contributed by atoms with Gasteiger partial charge in [0.15, 0.2) is 0 Å². The maximum absolute atomic E-state index is 11.8. The van der Waals surface area contributed by atoms with E-state index in [1.54, 1.807) is 30.3 Å². The standard InChI is InChI=1S/C13H12N4O3/c14-9-5-7-10(8-6-9)15-13(18)16-11-3-1-2-4-12(11)17(19)20/h1-8H,14H2,(H2,15,16,18). The van der Waals surface area contributed by atoms with Crippen LogP contribution in [0.15, 0.2) is 48.5 Å². The number of amides is 2. The van der Waals surface area contributed by atoms with E-state index in [2.05, 4.69) is 10.6 Å². The molecule has 0 fully saturated rings. The molecule has 20 heavy (non-hydrogen) atoms. The van der Waals surface area contributed by atoms with E-state index in [0.717, 1.165) is 0 Å². The monoisotopic (exact) mass is 272 g/mol. The molecule has 0 aliphatic heterocycles. The number of para-hydroxylation sites is 2. The van der Waals surface area contributed by atoms with Gasteiger partial charge in [0.05, 0.1) is 4.92 Å². The van der Waals surface area contributed by atoms with Crippen molar-refractivity contribution < 1.29 is 9.72 Å². The second kappa shape index (κ2) is 5.70. The van der Waals surface area contributed by atoms with Gasteiger partial charge in [-0.1, -0.05) is 12.1 Å². The maximum Gasteiger partial charge on any atom is 0.323 e. The molecule has 0 heterocycles. The van der Waals surface area contributed by atoms with Gasteiger partial charge in [-0.25, -0.2) is 4.79 Å².